The molecule has 0 aromatic heterocycles. The van der Waals surface area contributed by atoms with Gasteiger partial charge in [0.15, 0.2) is 0 Å². The van der Waals surface area contributed by atoms with Crippen LogP contribution in [0.15, 0.2) is 170 Å². The molecule has 0 heterocycles. The lowest BCUT2D eigenvalue weighted by molar-refractivity contribution is 0.795. The second kappa shape index (κ2) is 11.9. The molecule has 0 nitrogen and oxygen atoms in total. The third-order valence-electron chi connectivity index (χ3n) is 11.8. The Morgan fingerprint density at radius 1 is 0.226 bits per heavy atom. The van der Waals surface area contributed by atoms with Crippen molar-refractivity contribution in [1.82, 2.24) is 0 Å². The van der Waals surface area contributed by atoms with Gasteiger partial charge in [-0.05, 0) is 141 Å². The van der Waals surface area contributed by atoms with Crippen LogP contribution in [0.4, 0.5) is 0 Å². The van der Waals surface area contributed by atoms with Crippen LogP contribution in [-0.2, 0) is 5.41 Å². The summed E-state index contributed by atoms with van der Waals surface area (Å²) in [7, 11) is 0. The second-order valence-electron chi connectivity index (χ2n) is 15.3. The van der Waals surface area contributed by atoms with E-state index in [9.17, 15) is 0 Å². The summed E-state index contributed by atoms with van der Waals surface area (Å²) in [6.45, 7) is 8.64. The van der Waals surface area contributed by atoms with Crippen LogP contribution < -0.4 is 0 Å². The zero-order valence-electron chi connectivity index (χ0n) is 30.7. The maximum atomic E-state index is 2.50. The molecule has 0 atom stereocenters. The largest absolute Gasteiger partial charge is 0.0726 e. The first kappa shape index (κ1) is 31.5. The van der Waals surface area contributed by atoms with Crippen molar-refractivity contribution in [2.45, 2.75) is 33.1 Å². The predicted molar refractivity (Wildman–Crippen MR) is 223 cm³/mol. The molecule has 8 aromatic rings. The van der Waals surface area contributed by atoms with Gasteiger partial charge in [-0.3, -0.25) is 0 Å². The molecule has 252 valence electrons. The van der Waals surface area contributed by atoms with E-state index in [2.05, 4.69) is 198 Å². The number of benzene rings is 8. The highest BCUT2D eigenvalue weighted by Gasteiger charge is 2.52. The first-order valence-corrected chi connectivity index (χ1v) is 18.7. The molecule has 8 aromatic carbocycles. The van der Waals surface area contributed by atoms with Crippen LogP contribution in [0.2, 0.25) is 0 Å². The van der Waals surface area contributed by atoms with Gasteiger partial charge < -0.3 is 0 Å². The Hall–Kier alpha value is -6.24. The summed E-state index contributed by atoms with van der Waals surface area (Å²) in [5.41, 5.74) is 25.2. The molecule has 2 aliphatic rings. The van der Waals surface area contributed by atoms with Crippen molar-refractivity contribution >= 4 is 0 Å². The fourth-order valence-electron chi connectivity index (χ4n) is 8.93. The quantitative estimate of drug-likeness (QED) is 0.174. The molecule has 0 unspecified atom stereocenters. The standard InChI is InChI=1S/C53H40/c1-33-5-13-37(14-6-33)41-21-25-45-46-26-22-42(38-15-7-34(2)8-16-38)30-50(46)53(49(45)29-41)51-31-43(39-17-9-35(3)10-18-39)23-27-47(51)48-28-24-44(32-52(48)53)40-19-11-36(4)12-20-40/h5-32H,1-4H3. The van der Waals surface area contributed by atoms with Gasteiger partial charge in [0.2, 0.25) is 0 Å². The van der Waals surface area contributed by atoms with Crippen LogP contribution in [0.3, 0.4) is 0 Å². The van der Waals surface area contributed by atoms with E-state index in [0.717, 1.165) is 0 Å². The molecule has 10 rings (SSSR count). The molecule has 0 aliphatic heterocycles. The van der Waals surface area contributed by atoms with E-state index in [4.69, 9.17) is 0 Å². The summed E-state index contributed by atoms with van der Waals surface area (Å²) in [6.07, 6.45) is 0. The van der Waals surface area contributed by atoms with Gasteiger partial charge in [-0.15, -0.1) is 0 Å². The first-order chi connectivity index (χ1) is 25.9. The lowest BCUT2D eigenvalue weighted by Crippen LogP contribution is -2.26. The van der Waals surface area contributed by atoms with Crippen molar-refractivity contribution in [3.05, 3.63) is 214 Å². The molecule has 53 heavy (non-hydrogen) atoms. The third kappa shape index (κ3) is 4.90. The van der Waals surface area contributed by atoms with Gasteiger partial charge in [-0.2, -0.15) is 0 Å². The van der Waals surface area contributed by atoms with Crippen molar-refractivity contribution < 1.29 is 0 Å². The Kier molecular flexibility index (Phi) is 7.07. The van der Waals surface area contributed by atoms with E-state index in [1.165, 1.54) is 111 Å². The minimum absolute atomic E-state index is 0.516. The topological polar surface area (TPSA) is 0 Å². The van der Waals surface area contributed by atoms with Crippen LogP contribution in [-0.4, -0.2) is 0 Å². The smallest absolute Gasteiger partial charge is 0.0587 e. The molecule has 0 radical (unpaired) electrons. The molecule has 0 heteroatoms. The Balaban J connectivity index is 1.31. The zero-order valence-corrected chi connectivity index (χ0v) is 30.7. The van der Waals surface area contributed by atoms with Crippen LogP contribution in [0.25, 0.3) is 66.8 Å². The second-order valence-corrected chi connectivity index (χ2v) is 15.3. The lowest BCUT2D eigenvalue weighted by atomic mass is 9.69. The van der Waals surface area contributed by atoms with E-state index in [1.807, 2.05) is 0 Å². The van der Waals surface area contributed by atoms with Gasteiger partial charge in [0.1, 0.15) is 0 Å². The first-order valence-electron chi connectivity index (χ1n) is 18.7. The molecule has 0 bridgehead atoms. The average molecular weight is 677 g/mol. The van der Waals surface area contributed by atoms with E-state index < -0.39 is 5.41 Å². The molecule has 1 spiro atoms. The minimum Gasteiger partial charge on any atom is -0.0587 e. The SMILES string of the molecule is Cc1ccc(-c2ccc3c(c2)C2(c4cc(-c5ccc(C)cc5)ccc4-3)c3cc(-c4ccc(C)cc4)ccc3-c3ccc(-c4ccc(C)cc4)cc32)cc1. The van der Waals surface area contributed by atoms with Crippen molar-refractivity contribution in [3.63, 3.8) is 0 Å². The summed E-state index contributed by atoms with van der Waals surface area (Å²) in [6, 6.07) is 64.8. The van der Waals surface area contributed by atoms with E-state index >= 15 is 0 Å². The Labute approximate surface area is 313 Å². The Bertz CT molecular complexity index is 2320. The predicted octanol–water partition coefficient (Wildman–Crippen LogP) is 13.9. The zero-order chi connectivity index (χ0) is 35.8. The van der Waals surface area contributed by atoms with Crippen molar-refractivity contribution in [2.75, 3.05) is 0 Å². The fraction of sp³-hybridized carbons (Fsp3) is 0.0943. The van der Waals surface area contributed by atoms with Gasteiger partial charge in [0.05, 0.1) is 5.41 Å². The average Bonchev–Trinajstić information content (AvgIpc) is 3.64. The summed E-state index contributed by atoms with van der Waals surface area (Å²) in [5, 5.41) is 0. The molecular formula is C53H40. The van der Waals surface area contributed by atoms with Gasteiger partial charge in [-0.1, -0.05) is 168 Å². The molecular weight excluding hydrogens is 637 g/mol. The van der Waals surface area contributed by atoms with E-state index in [0.29, 0.717) is 0 Å². The van der Waals surface area contributed by atoms with Gasteiger partial charge >= 0.3 is 0 Å². The normalized spacial score (nSPS) is 13.1. The van der Waals surface area contributed by atoms with Crippen molar-refractivity contribution in [3.8, 4) is 66.8 Å². The summed E-state index contributed by atoms with van der Waals surface area (Å²) >= 11 is 0. The number of hydrogen-bond acceptors (Lipinski definition) is 0. The third-order valence-corrected chi connectivity index (χ3v) is 11.8. The molecule has 0 amide bonds. The number of fused-ring (bicyclic) bond motifs is 10. The number of hydrogen-bond donors (Lipinski definition) is 0. The Morgan fingerprint density at radius 2 is 0.415 bits per heavy atom. The minimum atomic E-state index is -0.516. The monoisotopic (exact) mass is 676 g/mol. The van der Waals surface area contributed by atoms with Crippen molar-refractivity contribution in [2.24, 2.45) is 0 Å². The summed E-state index contributed by atoms with van der Waals surface area (Å²) in [5.74, 6) is 0. The van der Waals surface area contributed by atoms with Crippen molar-refractivity contribution in [1.29, 1.82) is 0 Å². The molecule has 0 fully saturated rings. The molecule has 0 N–H and O–H groups in total. The fourth-order valence-corrected chi connectivity index (χ4v) is 8.93. The van der Waals surface area contributed by atoms with Gasteiger partial charge in [0.25, 0.3) is 0 Å². The maximum Gasteiger partial charge on any atom is 0.0726 e. The van der Waals surface area contributed by atoms with Gasteiger partial charge in [-0.25, -0.2) is 0 Å². The van der Waals surface area contributed by atoms with Crippen LogP contribution in [0.5, 0.6) is 0 Å². The number of aryl methyl sites for hydroxylation is 4. The molecule has 0 saturated carbocycles. The summed E-state index contributed by atoms with van der Waals surface area (Å²) in [4.78, 5) is 0. The Morgan fingerprint density at radius 3 is 0.623 bits per heavy atom. The highest BCUT2D eigenvalue weighted by molar-refractivity contribution is 5.98. The van der Waals surface area contributed by atoms with Crippen LogP contribution >= 0.6 is 0 Å². The van der Waals surface area contributed by atoms with E-state index in [1.54, 1.807) is 0 Å². The molecule has 0 saturated heterocycles. The molecule has 2 aliphatic carbocycles. The van der Waals surface area contributed by atoms with Gasteiger partial charge in [0, 0.05) is 0 Å². The van der Waals surface area contributed by atoms with Crippen LogP contribution in [0, 0.1) is 27.7 Å². The number of rotatable bonds is 4. The van der Waals surface area contributed by atoms with E-state index in [-0.39, 0.29) is 0 Å². The van der Waals surface area contributed by atoms with Crippen LogP contribution in [0.1, 0.15) is 44.5 Å². The highest BCUT2D eigenvalue weighted by atomic mass is 14.5. The highest BCUT2D eigenvalue weighted by Crippen LogP contribution is 2.64. The maximum absolute atomic E-state index is 2.50. The lowest BCUT2D eigenvalue weighted by Gasteiger charge is -2.32. The summed E-state index contributed by atoms with van der Waals surface area (Å²) < 4.78 is 0.